The minimum absolute atomic E-state index is 0.173. The standard InChI is InChI=1S/C14H18N2O2/c17-14-13(12-4-2-1-3-5-12)15-10-16(14)8-11-6-7-18-9-11/h1-5,11,13,15H,6-10H2. The molecule has 1 N–H and O–H groups in total. The molecule has 0 aromatic heterocycles. The van der Waals surface area contributed by atoms with Gasteiger partial charge < -0.3 is 9.64 Å². The highest BCUT2D eigenvalue weighted by Crippen LogP contribution is 2.22. The second-order valence-corrected chi connectivity index (χ2v) is 5.00. The van der Waals surface area contributed by atoms with Gasteiger partial charge in [0.05, 0.1) is 13.3 Å². The van der Waals surface area contributed by atoms with Crippen LogP contribution < -0.4 is 5.32 Å². The first kappa shape index (κ1) is 11.7. The lowest BCUT2D eigenvalue weighted by molar-refractivity contribution is -0.129. The van der Waals surface area contributed by atoms with Gasteiger partial charge in [0.15, 0.2) is 0 Å². The molecule has 1 aromatic rings. The van der Waals surface area contributed by atoms with Crippen molar-refractivity contribution in [2.24, 2.45) is 5.92 Å². The van der Waals surface area contributed by atoms with Gasteiger partial charge in [0, 0.05) is 19.1 Å². The molecule has 0 radical (unpaired) electrons. The fourth-order valence-corrected chi connectivity index (χ4v) is 2.65. The zero-order chi connectivity index (χ0) is 12.4. The number of amides is 1. The lowest BCUT2D eigenvalue weighted by Crippen LogP contribution is -2.32. The Labute approximate surface area is 107 Å². The van der Waals surface area contributed by atoms with Crippen molar-refractivity contribution in [2.45, 2.75) is 12.5 Å². The molecular weight excluding hydrogens is 228 g/mol. The monoisotopic (exact) mass is 246 g/mol. The van der Waals surface area contributed by atoms with Crippen LogP contribution in [0.1, 0.15) is 18.0 Å². The summed E-state index contributed by atoms with van der Waals surface area (Å²) in [5.41, 5.74) is 1.05. The third kappa shape index (κ3) is 2.26. The first-order valence-electron chi connectivity index (χ1n) is 6.49. The van der Waals surface area contributed by atoms with Crippen LogP contribution in [0.25, 0.3) is 0 Å². The molecule has 1 amide bonds. The van der Waals surface area contributed by atoms with E-state index in [-0.39, 0.29) is 11.9 Å². The number of carbonyl (C=O) groups is 1. The largest absolute Gasteiger partial charge is 0.381 e. The SMILES string of the molecule is O=C1C(c2ccccc2)NCN1CC1CCOC1. The van der Waals surface area contributed by atoms with Gasteiger partial charge in [-0.15, -0.1) is 0 Å². The third-order valence-electron chi connectivity index (χ3n) is 3.68. The number of hydrogen-bond donors (Lipinski definition) is 1. The fourth-order valence-electron chi connectivity index (χ4n) is 2.65. The number of nitrogens with one attached hydrogen (secondary N) is 1. The summed E-state index contributed by atoms with van der Waals surface area (Å²) in [6, 6.07) is 9.73. The van der Waals surface area contributed by atoms with E-state index >= 15 is 0 Å². The Morgan fingerprint density at radius 3 is 2.89 bits per heavy atom. The Bertz CT molecular complexity index is 415. The van der Waals surface area contributed by atoms with Gasteiger partial charge in [-0.1, -0.05) is 30.3 Å². The van der Waals surface area contributed by atoms with Gasteiger partial charge in [0.1, 0.15) is 6.04 Å². The van der Waals surface area contributed by atoms with Crippen molar-refractivity contribution in [3.8, 4) is 0 Å². The van der Waals surface area contributed by atoms with Crippen molar-refractivity contribution < 1.29 is 9.53 Å². The first-order chi connectivity index (χ1) is 8.84. The van der Waals surface area contributed by atoms with Crippen LogP contribution in [-0.4, -0.2) is 37.2 Å². The highest BCUT2D eigenvalue weighted by molar-refractivity contribution is 5.85. The zero-order valence-corrected chi connectivity index (χ0v) is 10.3. The smallest absolute Gasteiger partial charge is 0.245 e. The zero-order valence-electron chi connectivity index (χ0n) is 10.3. The Hall–Kier alpha value is -1.39. The maximum atomic E-state index is 12.3. The van der Waals surface area contributed by atoms with Crippen molar-refractivity contribution in [1.82, 2.24) is 10.2 Å². The average Bonchev–Trinajstić information content (AvgIpc) is 3.03. The van der Waals surface area contributed by atoms with Crippen molar-refractivity contribution in [1.29, 1.82) is 0 Å². The average molecular weight is 246 g/mol. The normalized spacial score (nSPS) is 28.0. The molecule has 2 aliphatic rings. The summed E-state index contributed by atoms with van der Waals surface area (Å²) in [4.78, 5) is 14.2. The van der Waals surface area contributed by atoms with Gasteiger partial charge >= 0.3 is 0 Å². The van der Waals surface area contributed by atoms with Gasteiger partial charge in [-0.2, -0.15) is 0 Å². The summed E-state index contributed by atoms with van der Waals surface area (Å²) in [6.45, 7) is 3.09. The van der Waals surface area contributed by atoms with Gasteiger partial charge in [-0.3, -0.25) is 10.1 Å². The second-order valence-electron chi connectivity index (χ2n) is 5.00. The van der Waals surface area contributed by atoms with E-state index in [1.54, 1.807) is 0 Å². The Morgan fingerprint density at radius 2 is 2.17 bits per heavy atom. The molecule has 2 heterocycles. The fraction of sp³-hybridized carbons (Fsp3) is 0.500. The molecular formula is C14H18N2O2. The van der Waals surface area contributed by atoms with Crippen LogP contribution in [-0.2, 0) is 9.53 Å². The summed E-state index contributed by atoms with van der Waals surface area (Å²) >= 11 is 0. The highest BCUT2D eigenvalue weighted by atomic mass is 16.5. The van der Waals surface area contributed by atoms with E-state index < -0.39 is 0 Å². The van der Waals surface area contributed by atoms with Gasteiger partial charge in [-0.25, -0.2) is 0 Å². The van der Waals surface area contributed by atoms with Crippen molar-refractivity contribution >= 4 is 5.91 Å². The van der Waals surface area contributed by atoms with Gasteiger partial charge in [0.2, 0.25) is 5.91 Å². The number of benzene rings is 1. The van der Waals surface area contributed by atoms with Crippen LogP contribution in [0.15, 0.2) is 30.3 Å². The lowest BCUT2D eigenvalue weighted by atomic mass is 10.1. The maximum absolute atomic E-state index is 12.3. The summed E-state index contributed by atoms with van der Waals surface area (Å²) < 4.78 is 5.36. The van der Waals surface area contributed by atoms with Gasteiger partial charge in [0.25, 0.3) is 0 Å². The molecule has 2 aliphatic heterocycles. The van der Waals surface area contributed by atoms with Gasteiger partial charge in [-0.05, 0) is 12.0 Å². The predicted molar refractivity (Wildman–Crippen MR) is 67.8 cm³/mol. The molecule has 0 spiro atoms. The van der Waals surface area contributed by atoms with E-state index in [0.29, 0.717) is 12.6 Å². The number of nitrogens with zero attached hydrogens (tertiary/aromatic N) is 1. The highest BCUT2D eigenvalue weighted by Gasteiger charge is 2.33. The molecule has 96 valence electrons. The van der Waals surface area contributed by atoms with Crippen LogP contribution in [0.3, 0.4) is 0 Å². The molecule has 2 fully saturated rings. The molecule has 18 heavy (non-hydrogen) atoms. The number of hydrogen-bond acceptors (Lipinski definition) is 3. The van der Waals surface area contributed by atoms with E-state index in [9.17, 15) is 4.79 Å². The van der Waals surface area contributed by atoms with Crippen LogP contribution in [0.4, 0.5) is 0 Å². The van der Waals surface area contributed by atoms with Crippen LogP contribution in [0, 0.1) is 5.92 Å². The van der Waals surface area contributed by atoms with Crippen molar-refractivity contribution in [3.05, 3.63) is 35.9 Å². The summed E-state index contributed by atoms with van der Waals surface area (Å²) in [7, 11) is 0. The Balaban J connectivity index is 1.65. The lowest BCUT2D eigenvalue weighted by Gasteiger charge is -2.18. The van der Waals surface area contributed by atoms with E-state index in [2.05, 4.69) is 5.32 Å². The molecule has 0 bridgehead atoms. The molecule has 0 aliphatic carbocycles. The van der Waals surface area contributed by atoms with E-state index in [4.69, 9.17) is 4.74 Å². The van der Waals surface area contributed by atoms with Crippen LogP contribution >= 0.6 is 0 Å². The van der Waals surface area contributed by atoms with Crippen LogP contribution in [0.5, 0.6) is 0 Å². The molecule has 1 aromatic carbocycles. The first-order valence-corrected chi connectivity index (χ1v) is 6.49. The summed E-state index contributed by atoms with van der Waals surface area (Å²) in [6.07, 6.45) is 1.07. The molecule has 2 atom stereocenters. The molecule has 2 saturated heterocycles. The Kier molecular flexibility index (Phi) is 3.30. The quantitative estimate of drug-likeness (QED) is 0.870. The molecule has 3 rings (SSSR count). The predicted octanol–water partition coefficient (Wildman–Crippen LogP) is 1.15. The minimum Gasteiger partial charge on any atom is -0.381 e. The molecule has 2 unspecified atom stereocenters. The van der Waals surface area contributed by atoms with Crippen LogP contribution in [0.2, 0.25) is 0 Å². The Morgan fingerprint density at radius 1 is 1.33 bits per heavy atom. The van der Waals surface area contributed by atoms with E-state index in [1.165, 1.54) is 0 Å². The third-order valence-corrected chi connectivity index (χ3v) is 3.68. The molecule has 0 saturated carbocycles. The molecule has 4 nitrogen and oxygen atoms in total. The summed E-state index contributed by atoms with van der Waals surface area (Å²) in [5.74, 6) is 0.693. The second kappa shape index (κ2) is 5.08. The number of ether oxygens (including phenoxy) is 1. The van der Waals surface area contributed by atoms with E-state index in [0.717, 1.165) is 31.7 Å². The minimum atomic E-state index is -0.173. The van der Waals surface area contributed by atoms with E-state index in [1.807, 2.05) is 35.2 Å². The maximum Gasteiger partial charge on any atom is 0.245 e. The molecule has 4 heteroatoms. The van der Waals surface area contributed by atoms with Crippen molar-refractivity contribution in [2.75, 3.05) is 26.4 Å². The number of carbonyl (C=O) groups excluding carboxylic acids is 1. The topological polar surface area (TPSA) is 41.6 Å². The summed E-state index contributed by atoms with van der Waals surface area (Å²) in [5, 5.41) is 3.28. The number of rotatable bonds is 3. The van der Waals surface area contributed by atoms with Crippen molar-refractivity contribution in [3.63, 3.8) is 0 Å².